The Bertz CT molecular complexity index is 301. The van der Waals surface area contributed by atoms with Gasteiger partial charge in [0, 0.05) is 12.8 Å². The molecule has 3 nitrogen and oxygen atoms in total. The van der Waals surface area contributed by atoms with Gasteiger partial charge in [0.15, 0.2) is 0 Å². The Kier molecular flexibility index (Phi) is 12.2. The third-order valence-corrected chi connectivity index (χ3v) is 2.26. The normalized spacial score (nSPS) is 11.6. The summed E-state index contributed by atoms with van der Waals surface area (Å²) in [6.45, 7) is 0. The Morgan fingerprint density at radius 3 is 2.06 bits per heavy atom. The summed E-state index contributed by atoms with van der Waals surface area (Å²) < 4.78 is 4.55. The fraction of sp³-hybridized carbons (Fsp3) is 0.467. The minimum Gasteiger partial charge on any atom is -0.469 e. The number of unbranched alkanes of at least 4 members (excludes halogenated alkanes) is 1. The highest BCUT2D eigenvalue weighted by molar-refractivity contribution is 5.69. The molecular formula is C15H22O3. The molecule has 0 spiro atoms. The van der Waals surface area contributed by atoms with Crippen molar-refractivity contribution in [1.82, 2.24) is 0 Å². The molecule has 0 aromatic rings. The quantitative estimate of drug-likeness (QED) is 0.258. The van der Waals surface area contributed by atoms with Crippen molar-refractivity contribution in [3.63, 3.8) is 0 Å². The van der Waals surface area contributed by atoms with Gasteiger partial charge in [0.2, 0.25) is 0 Å². The molecule has 0 heterocycles. The molecule has 0 radical (unpaired) electrons. The zero-order valence-corrected chi connectivity index (χ0v) is 11.0. The monoisotopic (exact) mass is 250 g/mol. The van der Waals surface area contributed by atoms with Crippen LogP contribution in [0.25, 0.3) is 0 Å². The molecule has 0 atom stereocenters. The lowest BCUT2D eigenvalue weighted by Crippen LogP contribution is -1.98. The van der Waals surface area contributed by atoms with Crippen molar-refractivity contribution >= 4 is 12.3 Å². The van der Waals surface area contributed by atoms with Crippen LogP contribution in [0.3, 0.4) is 0 Å². The number of methoxy groups -OCH3 is 1. The Morgan fingerprint density at radius 1 is 0.944 bits per heavy atom. The first kappa shape index (κ1) is 16.4. The second-order valence-corrected chi connectivity index (χ2v) is 3.76. The van der Waals surface area contributed by atoms with Crippen LogP contribution >= 0.6 is 0 Å². The number of aldehydes is 1. The van der Waals surface area contributed by atoms with Gasteiger partial charge in [-0.15, -0.1) is 0 Å². The molecule has 0 unspecified atom stereocenters. The van der Waals surface area contributed by atoms with Crippen molar-refractivity contribution in [3.05, 3.63) is 36.5 Å². The van der Waals surface area contributed by atoms with E-state index >= 15 is 0 Å². The van der Waals surface area contributed by atoms with Gasteiger partial charge < -0.3 is 9.53 Å². The zero-order valence-electron chi connectivity index (χ0n) is 11.0. The van der Waals surface area contributed by atoms with Gasteiger partial charge in [-0.2, -0.15) is 0 Å². The van der Waals surface area contributed by atoms with E-state index in [-0.39, 0.29) is 5.97 Å². The Balaban J connectivity index is 3.39. The average Bonchev–Trinajstić information content (AvgIpc) is 2.39. The summed E-state index contributed by atoms with van der Waals surface area (Å²) in [5.74, 6) is -0.148. The summed E-state index contributed by atoms with van der Waals surface area (Å²) in [6, 6.07) is 0. The Hall–Kier alpha value is -1.64. The van der Waals surface area contributed by atoms with E-state index in [1.165, 1.54) is 7.11 Å². The van der Waals surface area contributed by atoms with Crippen molar-refractivity contribution in [2.75, 3.05) is 7.11 Å². The van der Waals surface area contributed by atoms with E-state index in [9.17, 15) is 9.59 Å². The van der Waals surface area contributed by atoms with E-state index in [0.717, 1.165) is 32.0 Å². The molecule has 0 amide bonds. The number of hydrogen-bond acceptors (Lipinski definition) is 3. The summed E-state index contributed by atoms with van der Waals surface area (Å²) in [7, 11) is 1.41. The summed E-state index contributed by atoms with van der Waals surface area (Å²) in [4.78, 5) is 20.8. The number of allylic oxidation sites excluding steroid dienone is 6. The lowest BCUT2D eigenvalue weighted by Gasteiger charge is -1.95. The van der Waals surface area contributed by atoms with Crippen LogP contribution in [0, 0.1) is 0 Å². The number of rotatable bonds is 10. The van der Waals surface area contributed by atoms with E-state index in [0.29, 0.717) is 12.8 Å². The van der Waals surface area contributed by atoms with Crippen LogP contribution < -0.4 is 0 Å². The molecule has 18 heavy (non-hydrogen) atoms. The predicted molar refractivity (Wildman–Crippen MR) is 73.2 cm³/mol. The van der Waals surface area contributed by atoms with E-state index in [4.69, 9.17) is 0 Å². The van der Waals surface area contributed by atoms with Gasteiger partial charge in [-0.3, -0.25) is 4.79 Å². The van der Waals surface area contributed by atoms with Crippen LogP contribution in [0.1, 0.15) is 38.5 Å². The largest absolute Gasteiger partial charge is 0.469 e. The van der Waals surface area contributed by atoms with Gasteiger partial charge in [0.05, 0.1) is 7.11 Å². The molecule has 0 bridgehead atoms. The van der Waals surface area contributed by atoms with Crippen LogP contribution in [-0.4, -0.2) is 19.4 Å². The van der Waals surface area contributed by atoms with Crippen LogP contribution in [0.15, 0.2) is 36.5 Å². The molecule has 0 aromatic carbocycles. The number of esters is 1. The first-order valence-electron chi connectivity index (χ1n) is 6.26. The number of carbonyl (C=O) groups excluding carboxylic acids is 2. The standard InChI is InChI=1S/C15H22O3/c1-18-15(17)13-11-9-7-5-3-2-4-6-8-10-12-14-16/h2,4-5,7-8,10,14H,3,6,9,11-13H2,1H3. The van der Waals surface area contributed by atoms with Crippen LogP contribution in [-0.2, 0) is 14.3 Å². The first-order chi connectivity index (χ1) is 8.81. The highest BCUT2D eigenvalue weighted by Gasteiger charge is 1.96. The molecule has 0 saturated heterocycles. The lowest BCUT2D eigenvalue weighted by atomic mass is 10.2. The molecule has 0 N–H and O–H groups in total. The van der Waals surface area contributed by atoms with Crippen molar-refractivity contribution in [2.45, 2.75) is 38.5 Å². The lowest BCUT2D eigenvalue weighted by molar-refractivity contribution is -0.140. The highest BCUT2D eigenvalue weighted by Crippen LogP contribution is 1.99. The van der Waals surface area contributed by atoms with Crippen molar-refractivity contribution in [2.24, 2.45) is 0 Å². The van der Waals surface area contributed by atoms with Gasteiger partial charge in [0.1, 0.15) is 6.29 Å². The van der Waals surface area contributed by atoms with Gasteiger partial charge in [-0.05, 0) is 25.7 Å². The molecule has 3 heteroatoms. The summed E-state index contributed by atoms with van der Waals surface area (Å²) in [5, 5.41) is 0. The topological polar surface area (TPSA) is 43.4 Å². The molecule has 0 aliphatic carbocycles. The number of carbonyl (C=O) groups is 2. The average molecular weight is 250 g/mol. The second kappa shape index (κ2) is 13.4. The fourth-order valence-electron chi connectivity index (χ4n) is 1.28. The maximum absolute atomic E-state index is 10.8. The first-order valence-corrected chi connectivity index (χ1v) is 6.26. The van der Waals surface area contributed by atoms with E-state index in [1.54, 1.807) is 0 Å². The van der Waals surface area contributed by atoms with Crippen molar-refractivity contribution < 1.29 is 14.3 Å². The maximum atomic E-state index is 10.8. The van der Waals surface area contributed by atoms with Gasteiger partial charge in [-0.25, -0.2) is 0 Å². The van der Waals surface area contributed by atoms with E-state index in [2.05, 4.69) is 29.0 Å². The minimum absolute atomic E-state index is 0.148. The van der Waals surface area contributed by atoms with E-state index < -0.39 is 0 Å². The highest BCUT2D eigenvalue weighted by atomic mass is 16.5. The van der Waals surface area contributed by atoms with Gasteiger partial charge in [-0.1, -0.05) is 36.5 Å². The number of ether oxygens (including phenoxy) is 1. The van der Waals surface area contributed by atoms with E-state index in [1.807, 2.05) is 12.2 Å². The molecule has 0 saturated carbocycles. The fourth-order valence-corrected chi connectivity index (χ4v) is 1.28. The SMILES string of the molecule is COC(=O)CCCC=CCC=CCC=CCC=O. The van der Waals surface area contributed by atoms with Gasteiger partial charge >= 0.3 is 5.97 Å². The number of hydrogen-bond donors (Lipinski definition) is 0. The van der Waals surface area contributed by atoms with Crippen LogP contribution in [0.4, 0.5) is 0 Å². The molecule has 100 valence electrons. The Labute approximate surface area is 109 Å². The summed E-state index contributed by atoms with van der Waals surface area (Å²) in [6.07, 6.45) is 17.5. The Morgan fingerprint density at radius 2 is 1.50 bits per heavy atom. The predicted octanol–water partition coefficient (Wildman–Crippen LogP) is 3.37. The smallest absolute Gasteiger partial charge is 0.305 e. The molecule has 0 fully saturated rings. The molecular weight excluding hydrogens is 228 g/mol. The minimum atomic E-state index is -0.148. The molecule has 0 aliphatic rings. The molecule has 0 aromatic heterocycles. The van der Waals surface area contributed by atoms with Crippen molar-refractivity contribution in [3.8, 4) is 0 Å². The molecule has 0 rings (SSSR count). The van der Waals surface area contributed by atoms with Gasteiger partial charge in [0.25, 0.3) is 0 Å². The second-order valence-electron chi connectivity index (χ2n) is 3.76. The summed E-state index contributed by atoms with van der Waals surface area (Å²) >= 11 is 0. The third-order valence-electron chi connectivity index (χ3n) is 2.26. The van der Waals surface area contributed by atoms with Crippen LogP contribution in [0.2, 0.25) is 0 Å². The third kappa shape index (κ3) is 12.4. The van der Waals surface area contributed by atoms with Crippen molar-refractivity contribution in [1.29, 1.82) is 0 Å². The zero-order chi connectivity index (χ0) is 13.5. The van der Waals surface area contributed by atoms with Crippen LogP contribution in [0.5, 0.6) is 0 Å². The molecule has 0 aliphatic heterocycles. The maximum Gasteiger partial charge on any atom is 0.305 e. The summed E-state index contributed by atoms with van der Waals surface area (Å²) in [5.41, 5.74) is 0.